The molecule has 3 rings (SSSR count). The molecule has 0 aliphatic carbocycles. The summed E-state index contributed by atoms with van der Waals surface area (Å²) in [5.74, 6) is 1.62. The van der Waals surface area contributed by atoms with E-state index >= 15 is 0 Å². The number of nitrogens with zero attached hydrogens (tertiary/aromatic N) is 6. The number of rotatable bonds is 7. The van der Waals surface area contributed by atoms with Gasteiger partial charge < -0.3 is 15.2 Å². The Morgan fingerprint density at radius 1 is 1.22 bits per heavy atom. The van der Waals surface area contributed by atoms with Gasteiger partial charge in [0.1, 0.15) is 12.2 Å². The van der Waals surface area contributed by atoms with Crippen LogP contribution in [-0.2, 0) is 26.7 Å². The fourth-order valence-electron chi connectivity index (χ4n) is 2.57. The number of halogens is 1. The molecule has 3 aromatic rings. The summed E-state index contributed by atoms with van der Waals surface area (Å²) in [5.41, 5.74) is 2.39. The molecule has 0 saturated carbocycles. The Kier molecular flexibility index (Phi) is 8.24. The van der Waals surface area contributed by atoms with Gasteiger partial charge in [-0.05, 0) is 18.1 Å². The van der Waals surface area contributed by atoms with E-state index in [4.69, 9.17) is 0 Å². The molecule has 0 aliphatic heterocycles. The lowest BCUT2D eigenvalue weighted by Gasteiger charge is -2.11. The van der Waals surface area contributed by atoms with Crippen LogP contribution in [-0.4, -0.2) is 36.8 Å². The molecule has 2 heterocycles. The molecule has 9 heteroatoms. The monoisotopic (exact) mass is 480 g/mol. The lowest BCUT2D eigenvalue weighted by atomic mass is 10.1. The minimum atomic E-state index is 0. The van der Waals surface area contributed by atoms with Gasteiger partial charge in [0, 0.05) is 32.5 Å². The minimum Gasteiger partial charge on any atom is -0.357 e. The molecule has 0 atom stereocenters. The molecule has 0 aliphatic rings. The molecule has 0 amide bonds. The van der Waals surface area contributed by atoms with Crippen molar-refractivity contribution in [3.8, 4) is 0 Å². The molecule has 0 unspecified atom stereocenters. The topological polar surface area (TPSA) is 84.9 Å². The Hall–Kier alpha value is -2.43. The molecule has 8 nitrogen and oxygen atoms in total. The highest BCUT2D eigenvalue weighted by Gasteiger charge is 2.03. The average molecular weight is 480 g/mol. The third kappa shape index (κ3) is 6.35. The van der Waals surface area contributed by atoms with Crippen LogP contribution in [0.3, 0.4) is 0 Å². The molecule has 2 N–H and O–H groups in total. The summed E-state index contributed by atoms with van der Waals surface area (Å²) in [4.78, 5) is 13.0. The quantitative estimate of drug-likeness (QED) is 0.307. The summed E-state index contributed by atoms with van der Waals surface area (Å²) in [6, 6.07) is 8.45. The first kappa shape index (κ1) is 20.9. The van der Waals surface area contributed by atoms with Crippen molar-refractivity contribution in [1.82, 2.24) is 34.9 Å². The summed E-state index contributed by atoms with van der Waals surface area (Å²) >= 11 is 0. The Bertz CT molecular complexity index is 841. The largest absolute Gasteiger partial charge is 0.357 e. The first-order chi connectivity index (χ1) is 12.7. The molecular formula is C18H25IN8. The Morgan fingerprint density at radius 2 is 2.07 bits per heavy atom. The highest BCUT2D eigenvalue weighted by atomic mass is 127. The normalized spacial score (nSPS) is 11.1. The summed E-state index contributed by atoms with van der Waals surface area (Å²) in [5, 5.41) is 10.6. The second kappa shape index (κ2) is 10.7. The summed E-state index contributed by atoms with van der Waals surface area (Å²) < 4.78 is 3.80. The van der Waals surface area contributed by atoms with Crippen molar-refractivity contribution in [3.05, 3.63) is 66.3 Å². The van der Waals surface area contributed by atoms with Crippen LogP contribution in [0.1, 0.15) is 23.9 Å². The SMILES string of the molecule is CCNC(=NCc1cccc(Cn2ccnc2)c1)NCc1ncnn1C.I. The van der Waals surface area contributed by atoms with Gasteiger partial charge in [0.2, 0.25) is 0 Å². The molecule has 2 aromatic heterocycles. The van der Waals surface area contributed by atoms with Gasteiger partial charge in [0.15, 0.2) is 5.96 Å². The molecular weight excluding hydrogens is 455 g/mol. The molecule has 27 heavy (non-hydrogen) atoms. The number of benzene rings is 1. The van der Waals surface area contributed by atoms with Crippen molar-refractivity contribution in [1.29, 1.82) is 0 Å². The zero-order valence-electron chi connectivity index (χ0n) is 15.5. The van der Waals surface area contributed by atoms with Crippen molar-refractivity contribution in [2.75, 3.05) is 6.54 Å². The Labute approximate surface area is 176 Å². The van der Waals surface area contributed by atoms with Gasteiger partial charge >= 0.3 is 0 Å². The average Bonchev–Trinajstić information content (AvgIpc) is 3.29. The number of hydrogen-bond acceptors (Lipinski definition) is 4. The highest BCUT2D eigenvalue weighted by Crippen LogP contribution is 2.08. The first-order valence-corrected chi connectivity index (χ1v) is 8.63. The van der Waals surface area contributed by atoms with Gasteiger partial charge in [-0.3, -0.25) is 4.68 Å². The molecule has 0 fully saturated rings. The van der Waals surface area contributed by atoms with Crippen LogP contribution < -0.4 is 10.6 Å². The lowest BCUT2D eigenvalue weighted by Crippen LogP contribution is -2.37. The van der Waals surface area contributed by atoms with E-state index < -0.39 is 0 Å². The van der Waals surface area contributed by atoms with E-state index in [2.05, 4.69) is 59.5 Å². The second-order valence-corrected chi connectivity index (χ2v) is 5.90. The van der Waals surface area contributed by atoms with E-state index in [9.17, 15) is 0 Å². The van der Waals surface area contributed by atoms with Crippen molar-refractivity contribution < 1.29 is 0 Å². The van der Waals surface area contributed by atoms with Crippen molar-refractivity contribution >= 4 is 29.9 Å². The van der Waals surface area contributed by atoms with Gasteiger partial charge in [-0.25, -0.2) is 15.0 Å². The van der Waals surface area contributed by atoms with Gasteiger partial charge in [0.25, 0.3) is 0 Å². The fourth-order valence-corrected chi connectivity index (χ4v) is 2.57. The molecule has 0 radical (unpaired) electrons. The maximum absolute atomic E-state index is 4.67. The molecule has 0 spiro atoms. The minimum absolute atomic E-state index is 0. The molecule has 0 bridgehead atoms. The van der Waals surface area contributed by atoms with Crippen molar-refractivity contribution in [2.45, 2.75) is 26.6 Å². The number of imidazole rings is 1. The van der Waals surface area contributed by atoms with E-state index in [0.29, 0.717) is 13.1 Å². The smallest absolute Gasteiger partial charge is 0.191 e. The summed E-state index contributed by atoms with van der Waals surface area (Å²) in [6.45, 7) is 4.83. The molecule has 0 saturated heterocycles. The van der Waals surface area contributed by atoms with Crippen LogP contribution >= 0.6 is 24.0 Å². The van der Waals surface area contributed by atoms with Crippen LogP contribution in [0.15, 0.2) is 54.3 Å². The van der Waals surface area contributed by atoms with Gasteiger partial charge in [-0.15, -0.1) is 24.0 Å². The maximum Gasteiger partial charge on any atom is 0.191 e. The number of aromatic nitrogens is 5. The second-order valence-electron chi connectivity index (χ2n) is 5.90. The van der Waals surface area contributed by atoms with E-state index in [-0.39, 0.29) is 24.0 Å². The van der Waals surface area contributed by atoms with E-state index in [1.165, 1.54) is 11.1 Å². The van der Waals surface area contributed by atoms with Crippen molar-refractivity contribution in [2.24, 2.45) is 12.0 Å². The highest BCUT2D eigenvalue weighted by molar-refractivity contribution is 14.0. The third-order valence-electron chi connectivity index (χ3n) is 3.90. The number of hydrogen-bond donors (Lipinski definition) is 2. The lowest BCUT2D eigenvalue weighted by molar-refractivity contribution is 0.673. The van der Waals surface area contributed by atoms with Crippen LogP contribution in [0, 0.1) is 0 Å². The van der Waals surface area contributed by atoms with Crippen molar-refractivity contribution in [3.63, 3.8) is 0 Å². The van der Waals surface area contributed by atoms with Gasteiger partial charge in [-0.1, -0.05) is 24.3 Å². The maximum atomic E-state index is 4.67. The number of nitrogens with one attached hydrogen (secondary N) is 2. The van der Waals surface area contributed by atoms with Gasteiger partial charge in [-0.2, -0.15) is 5.10 Å². The summed E-state index contributed by atoms with van der Waals surface area (Å²) in [6.07, 6.45) is 7.13. The Morgan fingerprint density at radius 3 is 2.78 bits per heavy atom. The van der Waals surface area contributed by atoms with E-state index in [1.807, 2.05) is 26.5 Å². The fraction of sp³-hybridized carbons (Fsp3) is 0.333. The van der Waals surface area contributed by atoms with E-state index in [0.717, 1.165) is 24.9 Å². The van der Waals surface area contributed by atoms with E-state index in [1.54, 1.807) is 17.2 Å². The molecule has 1 aromatic carbocycles. The standard InChI is InChI=1S/C18H24N8.HI/c1-3-20-18(22-11-17-23-13-24-25(17)2)21-10-15-5-4-6-16(9-15)12-26-8-7-19-14-26;/h4-9,13-14H,3,10-12H2,1-2H3,(H2,20,21,22);1H. The van der Waals surface area contributed by atoms with Crippen LogP contribution in [0.4, 0.5) is 0 Å². The number of aliphatic imine (C=N–C) groups is 1. The predicted molar refractivity (Wildman–Crippen MR) is 116 cm³/mol. The number of aryl methyl sites for hydroxylation is 1. The van der Waals surface area contributed by atoms with Crippen LogP contribution in [0.25, 0.3) is 0 Å². The zero-order chi connectivity index (χ0) is 18.2. The zero-order valence-corrected chi connectivity index (χ0v) is 17.9. The van der Waals surface area contributed by atoms with Gasteiger partial charge in [0.05, 0.1) is 19.4 Å². The molecule has 144 valence electrons. The van der Waals surface area contributed by atoms with Crippen LogP contribution in [0.5, 0.6) is 0 Å². The van der Waals surface area contributed by atoms with Crippen LogP contribution in [0.2, 0.25) is 0 Å². The summed E-state index contributed by atoms with van der Waals surface area (Å²) in [7, 11) is 1.87. The third-order valence-corrected chi connectivity index (χ3v) is 3.90. The predicted octanol–water partition coefficient (Wildman–Crippen LogP) is 1.93. The Balaban J connectivity index is 0.00000261. The first-order valence-electron chi connectivity index (χ1n) is 8.63. The number of guanidine groups is 1.